The summed E-state index contributed by atoms with van der Waals surface area (Å²) < 4.78 is 5.12. The molecule has 4 heteroatoms. The van der Waals surface area contributed by atoms with Crippen molar-refractivity contribution in [3.8, 4) is 17.6 Å². The summed E-state index contributed by atoms with van der Waals surface area (Å²) in [5, 5.41) is 21.7. The number of rotatable bonds is 5. The van der Waals surface area contributed by atoms with Crippen LogP contribution in [-0.4, -0.2) is 18.8 Å². The summed E-state index contributed by atoms with van der Waals surface area (Å²) in [6.07, 6.45) is 0. The van der Waals surface area contributed by atoms with Crippen molar-refractivity contribution in [1.82, 2.24) is 5.32 Å². The van der Waals surface area contributed by atoms with Gasteiger partial charge in [-0.2, -0.15) is 5.26 Å². The molecule has 0 saturated heterocycles. The Balaban J connectivity index is 2.74. The largest absolute Gasteiger partial charge is 0.508 e. The van der Waals surface area contributed by atoms with Crippen LogP contribution in [0, 0.1) is 17.2 Å². The van der Waals surface area contributed by atoms with Gasteiger partial charge in [0.25, 0.3) is 0 Å². The Morgan fingerprint density at radius 2 is 2.18 bits per heavy atom. The Morgan fingerprint density at radius 1 is 1.47 bits per heavy atom. The smallest absolute Gasteiger partial charge is 0.120 e. The minimum atomic E-state index is -0.0507. The number of nitrogens with one attached hydrogen (secondary N) is 1. The second kappa shape index (κ2) is 6.12. The van der Waals surface area contributed by atoms with Crippen LogP contribution < -0.4 is 10.1 Å². The molecule has 92 valence electrons. The summed E-state index contributed by atoms with van der Waals surface area (Å²) >= 11 is 0. The van der Waals surface area contributed by atoms with E-state index >= 15 is 0 Å². The molecule has 1 aromatic carbocycles. The molecule has 0 radical (unpaired) electrons. The van der Waals surface area contributed by atoms with Gasteiger partial charge in [0.1, 0.15) is 11.5 Å². The zero-order valence-corrected chi connectivity index (χ0v) is 10.4. The molecule has 0 spiro atoms. The summed E-state index contributed by atoms with van der Waals surface area (Å²) in [6, 6.07) is 7.25. The molecule has 0 fully saturated rings. The molecule has 0 saturated carbocycles. The number of methoxy groups -OCH3 is 1. The maximum atomic E-state index is 9.76. The summed E-state index contributed by atoms with van der Waals surface area (Å²) in [5.74, 6) is 0.889. The molecule has 1 rings (SSSR count). The molecule has 0 aliphatic carbocycles. The third-order valence-electron chi connectivity index (χ3n) is 2.65. The fourth-order valence-electron chi connectivity index (χ4n) is 1.52. The van der Waals surface area contributed by atoms with Crippen molar-refractivity contribution >= 4 is 0 Å². The Morgan fingerprint density at radius 3 is 2.76 bits per heavy atom. The first-order chi connectivity index (χ1) is 8.08. The van der Waals surface area contributed by atoms with Gasteiger partial charge in [-0.15, -0.1) is 0 Å². The molecule has 0 amide bonds. The van der Waals surface area contributed by atoms with E-state index in [-0.39, 0.29) is 17.7 Å². The lowest BCUT2D eigenvalue weighted by molar-refractivity contribution is 0.407. The number of hydrogen-bond donors (Lipinski definition) is 2. The molecule has 4 nitrogen and oxygen atoms in total. The fourth-order valence-corrected chi connectivity index (χ4v) is 1.52. The molecule has 0 aliphatic heterocycles. The molecule has 1 aromatic rings. The van der Waals surface area contributed by atoms with E-state index < -0.39 is 0 Å². The standard InChI is InChI=1S/C13H18N2O2/c1-9(7-14)8-15-10(2)12-6-11(17-3)4-5-13(12)16/h4-6,9-10,15-16H,8H2,1-3H3. The Labute approximate surface area is 102 Å². The van der Waals surface area contributed by atoms with Crippen molar-refractivity contribution in [3.05, 3.63) is 23.8 Å². The van der Waals surface area contributed by atoms with E-state index in [4.69, 9.17) is 10.00 Å². The van der Waals surface area contributed by atoms with Gasteiger partial charge in [0.15, 0.2) is 0 Å². The monoisotopic (exact) mass is 234 g/mol. The van der Waals surface area contributed by atoms with Gasteiger partial charge in [0.05, 0.1) is 19.1 Å². The van der Waals surface area contributed by atoms with Crippen LogP contribution >= 0.6 is 0 Å². The zero-order chi connectivity index (χ0) is 12.8. The normalized spacial score (nSPS) is 13.8. The van der Waals surface area contributed by atoms with Crippen LogP contribution in [0.25, 0.3) is 0 Å². The predicted octanol–water partition coefficient (Wildman–Crippen LogP) is 2.21. The van der Waals surface area contributed by atoms with Gasteiger partial charge < -0.3 is 15.2 Å². The Kier molecular flexibility index (Phi) is 4.80. The third-order valence-corrected chi connectivity index (χ3v) is 2.65. The second-order valence-electron chi connectivity index (χ2n) is 4.08. The number of ether oxygens (including phenoxy) is 1. The summed E-state index contributed by atoms with van der Waals surface area (Å²) in [6.45, 7) is 4.39. The molecule has 2 N–H and O–H groups in total. The SMILES string of the molecule is COc1ccc(O)c(C(C)NCC(C)C#N)c1. The molecule has 2 unspecified atom stereocenters. The molecule has 0 aliphatic rings. The van der Waals surface area contributed by atoms with Crippen LogP contribution in [0.1, 0.15) is 25.5 Å². The molecular weight excluding hydrogens is 216 g/mol. The van der Waals surface area contributed by atoms with E-state index in [0.717, 1.165) is 5.56 Å². The van der Waals surface area contributed by atoms with E-state index in [1.165, 1.54) is 0 Å². The molecule has 2 atom stereocenters. The average molecular weight is 234 g/mol. The highest BCUT2D eigenvalue weighted by Crippen LogP contribution is 2.28. The van der Waals surface area contributed by atoms with E-state index in [9.17, 15) is 5.11 Å². The van der Waals surface area contributed by atoms with Crippen LogP contribution in [0.15, 0.2) is 18.2 Å². The quantitative estimate of drug-likeness (QED) is 0.819. The molecule has 0 aromatic heterocycles. The molecule has 17 heavy (non-hydrogen) atoms. The summed E-state index contributed by atoms with van der Waals surface area (Å²) in [7, 11) is 1.59. The maximum absolute atomic E-state index is 9.76. The van der Waals surface area contributed by atoms with Crippen molar-refractivity contribution < 1.29 is 9.84 Å². The maximum Gasteiger partial charge on any atom is 0.120 e. The van der Waals surface area contributed by atoms with Gasteiger partial charge in [-0.05, 0) is 32.0 Å². The molecule has 0 bridgehead atoms. The van der Waals surface area contributed by atoms with Crippen LogP contribution in [0.2, 0.25) is 0 Å². The van der Waals surface area contributed by atoms with E-state index in [0.29, 0.717) is 12.3 Å². The van der Waals surface area contributed by atoms with Gasteiger partial charge in [-0.25, -0.2) is 0 Å². The fraction of sp³-hybridized carbons (Fsp3) is 0.462. The van der Waals surface area contributed by atoms with E-state index in [1.807, 2.05) is 13.8 Å². The number of aromatic hydroxyl groups is 1. The van der Waals surface area contributed by atoms with Gasteiger partial charge in [0, 0.05) is 18.2 Å². The van der Waals surface area contributed by atoms with E-state index in [2.05, 4.69) is 11.4 Å². The average Bonchev–Trinajstić information content (AvgIpc) is 2.36. The van der Waals surface area contributed by atoms with Crippen molar-refractivity contribution in [2.45, 2.75) is 19.9 Å². The van der Waals surface area contributed by atoms with Crippen LogP contribution in [-0.2, 0) is 0 Å². The summed E-state index contributed by atoms with van der Waals surface area (Å²) in [5.41, 5.74) is 0.773. The lowest BCUT2D eigenvalue weighted by atomic mass is 10.1. The highest BCUT2D eigenvalue weighted by atomic mass is 16.5. The minimum Gasteiger partial charge on any atom is -0.508 e. The second-order valence-corrected chi connectivity index (χ2v) is 4.08. The Hall–Kier alpha value is -1.73. The van der Waals surface area contributed by atoms with Crippen molar-refractivity contribution in [1.29, 1.82) is 5.26 Å². The predicted molar refractivity (Wildman–Crippen MR) is 65.9 cm³/mol. The third kappa shape index (κ3) is 3.65. The van der Waals surface area contributed by atoms with Gasteiger partial charge >= 0.3 is 0 Å². The summed E-state index contributed by atoms with van der Waals surface area (Å²) in [4.78, 5) is 0. The van der Waals surface area contributed by atoms with Crippen molar-refractivity contribution in [2.75, 3.05) is 13.7 Å². The first-order valence-electron chi connectivity index (χ1n) is 5.58. The van der Waals surface area contributed by atoms with Crippen molar-refractivity contribution in [3.63, 3.8) is 0 Å². The van der Waals surface area contributed by atoms with Crippen LogP contribution in [0.3, 0.4) is 0 Å². The lowest BCUT2D eigenvalue weighted by Crippen LogP contribution is -2.23. The minimum absolute atomic E-state index is 0.0269. The number of phenolic OH excluding ortho intramolecular Hbond substituents is 1. The lowest BCUT2D eigenvalue weighted by Gasteiger charge is -2.17. The highest BCUT2D eigenvalue weighted by molar-refractivity contribution is 5.41. The molecule has 0 heterocycles. The van der Waals surface area contributed by atoms with Crippen LogP contribution in [0.5, 0.6) is 11.5 Å². The number of nitriles is 1. The van der Waals surface area contributed by atoms with Crippen LogP contribution in [0.4, 0.5) is 0 Å². The topological polar surface area (TPSA) is 65.3 Å². The van der Waals surface area contributed by atoms with Gasteiger partial charge in [-0.1, -0.05) is 0 Å². The first-order valence-corrected chi connectivity index (χ1v) is 5.58. The van der Waals surface area contributed by atoms with Gasteiger partial charge in [-0.3, -0.25) is 0 Å². The number of nitrogens with zero attached hydrogens (tertiary/aromatic N) is 1. The van der Waals surface area contributed by atoms with Gasteiger partial charge in [0.2, 0.25) is 0 Å². The molecular formula is C13H18N2O2. The Bertz CT molecular complexity index is 412. The van der Waals surface area contributed by atoms with E-state index in [1.54, 1.807) is 25.3 Å². The number of phenols is 1. The number of hydrogen-bond acceptors (Lipinski definition) is 4. The first kappa shape index (κ1) is 13.3. The highest BCUT2D eigenvalue weighted by Gasteiger charge is 2.12. The van der Waals surface area contributed by atoms with Crippen molar-refractivity contribution in [2.24, 2.45) is 5.92 Å². The zero-order valence-electron chi connectivity index (χ0n) is 10.4. The number of benzene rings is 1.